The molecule has 2 aliphatic heterocycles. The highest BCUT2D eigenvalue weighted by Gasteiger charge is 2.51. The van der Waals surface area contributed by atoms with Gasteiger partial charge in [0, 0.05) is 61.5 Å². The molecule has 1 fully saturated rings. The summed E-state index contributed by atoms with van der Waals surface area (Å²) in [6.07, 6.45) is 0.367. The van der Waals surface area contributed by atoms with Gasteiger partial charge in [0.1, 0.15) is 0 Å². The number of piperazine rings is 1. The number of likely N-dealkylation sites (N-methyl/N-ethyl adjacent to an activating group) is 1. The molecule has 1 saturated heterocycles. The Morgan fingerprint density at radius 3 is 2.26 bits per heavy atom. The van der Waals surface area contributed by atoms with Crippen LogP contribution in [-0.2, 0) is 23.9 Å². The average molecular weight is 586 g/mol. The Labute approximate surface area is 250 Å². The number of hydrogen-bond acceptors (Lipinski definition) is 9. The van der Waals surface area contributed by atoms with Gasteiger partial charge in [-0.05, 0) is 52.3 Å². The van der Waals surface area contributed by atoms with E-state index >= 15 is 0 Å². The number of fused-ring (bicyclic) bond motifs is 1. The molecule has 1 aromatic carbocycles. The number of Topliss-reactive ketones (excluding diaryl/α,β-unsaturated/α-hetero) is 2. The molecule has 0 radical (unpaired) electrons. The summed E-state index contributed by atoms with van der Waals surface area (Å²) in [5, 5.41) is 2.91. The summed E-state index contributed by atoms with van der Waals surface area (Å²) in [5.74, 6) is 0.633. The third-order valence-electron chi connectivity index (χ3n) is 8.51. The lowest BCUT2D eigenvalue weighted by molar-refractivity contribution is -0.122. The molecular formula is C32H47N3O7. The van der Waals surface area contributed by atoms with E-state index in [1.54, 1.807) is 21.1 Å². The maximum Gasteiger partial charge on any atom is 0.226 e. The van der Waals surface area contributed by atoms with Gasteiger partial charge in [0.05, 0.1) is 26.3 Å². The van der Waals surface area contributed by atoms with E-state index in [1.807, 2.05) is 27.7 Å². The number of ketones is 2. The number of aryl methyl sites for hydroxylation is 2. The first-order chi connectivity index (χ1) is 20.0. The van der Waals surface area contributed by atoms with Crippen LogP contribution in [0.1, 0.15) is 63.8 Å². The number of carbonyl (C=O) groups is 3. The number of ether oxygens (including phenoxy) is 4. The van der Waals surface area contributed by atoms with Gasteiger partial charge in [-0.3, -0.25) is 24.2 Å². The zero-order chi connectivity index (χ0) is 31.5. The molecule has 0 bridgehead atoms. The minimum Gasteiger partial charge on any atom is -0.493 e. The van der Waals surface area contributed by atoms with Crippen molar-refractivity contribution in [3.8, 4) is 11.5 Å². The second-order valence-electron chi connectivity index (χ2n) is 10.9. The topological polar surface area (TPSA) is 107 Å². The molecule has 1 aromatic rings. The van der Waals surface area contributed by atoms with E-state index in [1.165, 1.54) is 14.0 Å². The van der Waals surface area contributed by atoms with Gasteiger partial charge in [-0.25, -0.2) is 0 Å². The fraction of sp³-hybridized carbons (Fsp3) is 0.594. The Balaban J connectivity index is 0.00000237. The quantitative estimate of drug-likeness (QED) is 0.362. The second kappa shape index (κ2) is 13.8. The minimum atomic E-state index is -0.498. The molecule has 4 atom stereocenters. The van der Waals surface area contributed by atoms with Crippen LogP contribution in [0.15, 0.2) is 28.5 Å². The number of nitrogens with one attached hydrogen (secondary N) is 1. The summed E-state index contributed by atoms with van der Waals surface area (Å²) in [6, 6.07) is 1.26. The molecular weight excluding hydrogens is 538 g/mol. The first-order valence-electron chi connectivity index (χ1n) is 14.6. The van der Waals surface area contributed by atoms with Gasteiger partial charge < -0.3 is 24.3 Å². The number of allylic oxidation sites excluding steroid dienone is 2. The van der Waals surface area contributed by atoms with Crippen LogP contribution < -0.4 is 14.8 Å². The molecule has 1 amide bonds. The lowest BCUT2D eigenvalue weighted by Gasteiger charge is -2.55. The molecule has 10 heteroatoms. The average Bonchev–Trinajstić information content (AvgIpc) is 2.96. The summed E-state index contributed by atoms with van der Waals surface area (Å²) in [5.41, 5.74) is 4.13. The third-order valence-corrected chi connectivity index (χ3v) is 8.51. The number of nitrogens with zero attached hydrogens (tertiary/aromatic N) is 2. The van der Waals surface area contributed by atoms with Crippen molar-refractivity contribution in [2.45, 2.75) is 79.1 Å². The zero-order valence-corrected chi connectivity index (χ0v) is 27.0. The predicted molar refractivity (Wildman–Crippen MR) is 161 cm³/mol. The highest BCUT2D eigenvalue weighted by Crippen LogP contribution is 2.49. The Morgan fingerprint density at radius 2 is 1.69 bits per heavy atom. The Bertz CT molecular complexity index is 1290. The van der Waals surface area contributed by atoms with E-state index < -0.39 is 6.04 Å². The highest BCUT2D eigenvalue weighted by atomic mass is 16.7. The molecule has 2 heterocycles. The molecule has 4 rings (SSSR count). The van der Waals surface area contributed by atoms with Gasteiger partial charge in [0.2, 0.25) is 11.7 Å². The normalized spacial score (nSPS) is 24.5. The number of hydrogen-bond donors (Lipinski definition) is 1. The highest BCUT2D eigenvalue weighted by molar-refractivity contribution is 6.25. The third kappa shape index (κ3) is 5.85. The molecule has 1 aliphatic carbocycles. The molecule has 0 aromatic heterocycles. The fourth-order valence-electron chi connectivity index (χ4n) is 6.63. The molecule has 10 nitrogen and oxygen atoms in total. The van der Waals surface area contributed by atoms with Crippen LogP contribution >= 0.6 is 0 Å². The van der Waals surface area contributed by atoms with Crippen LogP contribution in [0.25, 0.3) is 0 Å². The summed E-state index contributed by atoms with van der Waals surface area (Å²) < 4.78 is 22.7. The van der Waals surface area contributed by atoms with Crippen LogP contribution in [0.2, 0.25) is 0 Å². The van der Waals surface area contributed by atoms with Crippen LogP contribution in [0.4, 0.5) is 0 Å². The van der Waals surface area contributed by atoms with E-state index in [0.29, 0.717) is 41.2 Å². The fourth-order valence-corrected chi connectivity index (χ4v) is 6.63. The number of amides is 1. The molecule has 0 saturated carbocycles. The van der Waals surface area contributed by atoms with Gasteiger partial charge in [0.15, 0.2) is 29.8 Å². The van der Waals surface area contributed by atoms with E-state index in [9.17, 15) is 14.4 Å². The van der Waals surface area contributed by atoms with Crippen LogP contribution in [0, 0.1) is 13.8 Å². The standard InChI is InChI=1S/C30H41N3O7.C2H6/c1-15-10-16(2)28(38-8)30(40-14-37-7)23(15)25-21-11-20-24(27(36)29(39-9)18(4)26(20)35)22(12-31-19(5)34)33(21)13-17(3)32(25)6;1-2/h10,17,21-22,25H,11-14H2,1-9H3,(H,31,34);1-2H3/t17?,21?,22-,25-;/m0./s1. The SMILES string of the molecule is CC.COCOc1c(OC)c(C)cc(C)c1[C@@H]1C2CC3=C(C(=O)C(OC)=C(C)C3=O)[C@H](CNC(C)=O)N2CC(C)N1C. The van der Waals surface area contributed by atoms with Gasteiger partial charge in [-0.2, -0.15) is 0 Å². The van der Waals surface area contributed by atoms with Crippen LogP contribution in [-0.4, -0.2) is 93.7 Å². The summed E-state index contributed by atoms with van der Waals surface area (Å²) in [6.45, 7) is 14.1. The van der Waals surface area contributed by atoms with Crippen molar-refractivity contribution in [1.82, 2.24) is 15.1 Å². The lowest BCUT2D eigenvalue weighted by Crippen LogP contribution is -2.65. The van der Waals surface area contributed by atoms with Crippen LogP contribution in [0.3, 0.4) is 0 Å². The Kier molecular flexibility index (Phi) is 11.0. The van der Waals surface area contributed by atoms with Gasteiger partial charge in [-0.1, -0.05) is 19.9 Å². The summed E-state index contributed by atoms with van der Waals surface area (Å²) >= 11 is 0. The number of benzene rings is 1. The van der Waals surface area contributed by atoms with Crippen molar-refractivity contribution < 1.29 is 33.3 Å². The van der Waals surface area contributed by atoms with Crippen LogP contribution in [0.5, 0.6) is 11.5 Å². The van der Waals surface area contributed by atoms with Crippen molar-refractivity contribution in [1.29, 1.82) is 0 Å². The van der Waals surface area contributed by atoms with Gasteiger partial charge >= 0.3 is 0 Å². The van der Waals surface area contributed by atoms with Crippen molar-refractivity contribution in [2.24, 2.45) is 0 Å². The first kappa shape index (κ1) is 33.3. The van der Waals surface area contributed by atoms with Gasteiger partial charge in [-0.15, -0.1) is 0 Å². The van der Waals surface area contributed by atoms with E-state index in [4.69, 9.17) is 18.9 Å². The Hall–Kier alpha value is -3.21. The van der Waals surface area contributed by atoms with E-state index in [-0.39, 0.29) is 54.7 Å². The molecule has 0 spiro atoms. The van der Waals surface area contributed by atoms with E-state index in [0.717, 1.165) is 16.7 Å². The first-order valence-corrected chi connectivity index (χ1v) is 14.6. The summed E-state index contributed by atoms with van der Waals surface area (Å²) in [7, 11) is 6.68. The maximum absolute atomic E-state index is 13.7. The van der Waals surface area contributed by atoms with Crippen molar-refractivity contribution in [3.63, 3.8) is 0 Å². The molecule has 3 aliphatic rings. The van der Waals surface area contributed by atoms with Crippen molar-refractivity contribution >= 4 is 17.5 Å². The minimum absolute atomic E-state index is 0.0455. The van der Waals surface area contributed by atoms with Gasteiger partial charge in [0.25, 0.3) is 0 Å². The second-order valence-corrected chi connectivity index (χ2v) is 10.9. The monoisotopic (exact) mass is 585 g/mol. The molecule has 232 valence electrons. The Morgan fingerprint density at radius 1 is 1.02 bits per heavy atom. The zero-order valence-electron chi connectivity index (χ0n) is 27.0. The number of carbonyl (C=O) groups excluding carboxylic acids is 3. The maximum atomic E-state index is 13.7. The lowest BCUT2D eigenvalue weighted by atomic mass is 9.73. The molecule has 2 unspecified atom stereocenters. The smallest absolute Gasteiger partial charge is 0.226 e. The predicted octanol–water partition coefficient (Wildman–Crippen LogP) is 3.64. The summed E-state index contributed by atoms with van der Waals surface area (Å²) in [4.78, 5) is 44.1. The largest absolute Gasteiger partial charge is 0.493 e. The molecule has 1 N–H and O–H groups in total. The van der Waals surface area contributed by atoms with E-state index in [2.05, 4.69) is 35.2 Å². The van der Waals surface area contributed by atoms with Crippen molar-refractivity contribution in [3.05, 3.63) is 45.2 Å². The number of methoxy groups -OCH3 is 3. The molecule has 42 heavy (non-hydrogen) atoms. The number of rotatable bonds is 8. The van der Waals surface area contributed by atoms with Crippen molar-refractivity contribution in [2.75, 3.05) is 48.3 Å².